The first kappa shape index (κ1) is 14.3. The summed E-state index contributed by atoms with van der Waals surface area (Å²) in [6.45, 7) is 2.21. The van der Waals surface area contributed by atoms with Gasteiger partial charge in [0.25, 0.3) is 0 Å². The number of hydrogen-bond acceptors (Lipinski definition) is 0. The summed E-state index contributed by atoms with van der Waals surface area (Å²) in [4.78, 5) is 0. The van der Waals surface area contributed by atoms with Gasteiger partial charge in [0.1, 0.15) is 0 Å². The molecule has 1 aliphatic rings. The summed E-state index contributed by atoms with van der Waals surface area (Å²) in [6, 6.07) is 0.724. The highest BCUT2D eigenvalue weighted by atomic mass is 19.2. The largest absolute Gasteiger partial charge is 0.204 e. The highest BCUT2D eigenvalue weighted by Gasteiger charge is 2.20. The summed E-state index contributed by atoms with van der Waals surface area (Å²) < 4.78 is 73.2. The van der Waals surface area contributed by atoms with E-state index in [1.165, 1.54) is 44.6 Å². The van der Waals surface area contributed by atoms with Crippen LogP contribution in [-0.2, 0) is 6.42 Å². The Morgan fingerprint density at radius 1 is 0.885 bits per heavy atom. The van der Waals surface area contributed by atoms with Crippen LogP contribution < -0.4 is 0 Å². The number of rotatable bonds is 6. The minimum Gasteiger partial charge on any atom is -0.204 e. The maximum absolute atomic E-state index is 13.8. The van der Waals surface area contributed by atoms with Crippen LogP contribution in [0.2, 0.25) is 0 Å². The monoisotopic (exact) mass is 364 g/mol. The lowest BCUT2D eigenvalue weighted by atomic mass is 9.78. The quantitative estimate of drug-likeness (QED) is 0.471. The van der Waals surface area contributed by atoms with Gasteiger partial charge in [0.2, 0.25) is 0 Å². The van der Waals surface area contributed by atoms with Gasteiger partial charge >= 0.3 is 0 Å². The van der Waals surface area contributed by atoms with Crippen molar-refractivity contribution < 1.29 is 18.7 Å². The molecular weight excluding hydrogens is 333 g/mol. The average molecular weight is 364 g/mol. The molecule has 0 unspecified atom stereocenters. The molecule has 0 N–H and O–H groups in total. The molecular formula is C23H27F3. The van der Waals surface area contributed by atoms with E-state index in [0.717, 1.165) is 12.3 Å². The third kappa shape index (κ3) is 4.69. The van der Waals surface area contributed by atoms with Crippen molar-refractivity contribution in [3.8, 4) is 11.1 Å². The third-order valence-electron chi connectivity index (χ3n) is 5.42. The van der Waals surface area contributed by atoms with Crippen LogP contribution in [0.3, 0.4) is 0 Å². The van der Waals surface area contributed by atoms with Gasteiger partial charge in [-0.25, -0.2) is 13.2 Å². The normalized spacial score (nSPS) is 22.5. The van der Waals surface area contributed by atoms with Crippen LogP contribution in [0.1, 0.15) is 62.9 Å². The van der Waals surface area contributed by atoms with E-state index in [1.807, 2.05) is 0 Å². The van der Waals surface area contributed by atoms with Gasteiger partial charge in [-0.15, -0.1) is 0 Å². The average Bonchev–Trinajstić information content (AvgIpc) is 2.74. The smallest absolute Gasteiger partial charge is 0.194 e. The zero-order valence-electron chi connectivity index (χ0n) is 19.1. The van der Waals surface area contributed by atoms with E-state index in [2.05, 4.69) is 6.92 Å². The highest BCUT2D eigenvalue weighted by molar-refractivity contribution is 5.63. The number of hydrogen-bond donors (Lipinski definition) is 0. The van der Waals surface area contributed by atoms with Gasteiger partial charge in [-0.1, -0.05) is 69.7 Å². The van der Waals surface area contributed by atoms with E-state index < -0.39 is 35.1 Å². The van der Waals surface area contributed by atoms with Crippen molar-refractivity contribution in [2.24, 2.45) is 11.8 Å². The fourth-order valence-electron chi connectivity index (χ4n) is 3.87. The molecule has 140 valence electrons. The van der Waals surface area contributed by atoms with Crippen LogP contribution in [0.15, 0.2) is 36.3 Å². The zero-order chi connectivity index (χ0) is 22.0. The lowest BCUT2D eigenvalue weighted by Gasteiger charge is -2.28. The molecule has 0 radical (unpaired) electrons. The van der Waals surface area contributed by atoms with Gasteiger partial charge in [-0.3, -0.25) is 0 Å². The SMILES string of the molecule is [2H]c1c(CCC2CCC(CCC)CC2)ccc(-c2c([2H])c(F)c(F)c(F)c2[2H])c1[2H]. The maximum atomic E-state index is 13.8. The Balaban J connectivity index is 1.79. The second-order valence-corrected chi connectivity index (χ2v) is 7.30. The number of benzene rings is 2. The molecule has 0 atom stereocenters. The molecule has 0 aliphatic heterocycles. The van der Waals surface area contributed by atoms with Gasteiger partial charge in [0.15, 0.2) is 17.5 Å². The Hall–Kier alpha value is -1.77. The summed E-state index contributed by atoms with van der Waals surface area (Å²) in [5, 5.41) is 0. The van der Waals surface area contributed by atoms with Crippen molar-refractivity contribution in [2.75, 3.05) is 0 Å². The topological polar surface area (TPSA) is 0 Å². The summed E-state index contributed by atoms with van der Waals surface area (Å²) in [6.07, 6.45) is 8.93. The van der Waals surface area contributed by atoms with Crippen LogP contribution in [-0.4, -0.2) is 0 Å². The van der Waals surface area contributed by atoms with Crippen molar-refractivity contribution in [1.29, 1.82) is 0 Å². The zero-order valence-corrected chi connectivity index (χ0v) is 15.1. The first-order valence-corrected chi connectivity index (χ1v) is 9.49. The molecule has 0 heterocycles. The summed E-state index contributed by atoms with van der Waals surface area (Å²) in [5.41, 5.74) is 0.0721. The number of aryl methyl sites for hydroxylation is 1. The van der Waals surface area contributed by atoms with Gasteiger partial charge < -0.3 is 0 Å². The predicted octanol–water partition coefficient (Wildman–Crippen LogP) is 7.31. The Morgan fingerprint density at radius 2 is 1.50 bits per heavy atom. The van der Waals surface area contributed by atoms with Gasteiger partial charge in [-0.05, 0) is 53.5 Å². The minimum atomic E-state index is -1.86. The summed E-state index contributed by atoms with van der Waals surface area (Å²) >= 11 is 0. The Morgan fingerprint density at radius 3 is 2.12 bits per heavy atom. The van der Waals surface area contributed by atoms with Crippen LogP contribution in [0.5, 0.6) is 0 Å². The van der Waals surface area contributed by atoms with Crippen LogP contribution in [0.4, 0.5) is 13.2 Å². The third-order valence-corrected chi connectivity index (χ3v) is 5.42. The molecule has 0 spiro atoms. The Bertz CT molecular complexity index is 892. The molecule has 0 nitrogen and oxygen atoms in total. The molecule has 2 aromatic carbocycles. The van der Waals surface area contributed by atoms with Crippen molar-refractivity contribution in [1.82, 2.24) is 0 Å². The van der Waals surface area contributed by atoms with E-state index in [0.29, 0.717) is 17.9 Å². The van der Waals surface area contributed by atoms with Crippen molar-refractivity contribution in [3.63, 3.8) is 0 Å². The van der Waals surface area contributed by atoms with Crippen molar-refractivity contribution >= 4 is 0 Å². The van der Waals surface area contributed by atoms with Crippen molar-refractivity contribution in [2.45, 2.75) is 58.3 Å². The minimum absolute atomic E-state index is 0.0730. The molecule has 2 aromatic rings. The van der Waals surface area contributed by atoms with E-state index in [9.17, 15) is 13.2 Å². The maximum Gasteiger partial charge on any atom is 0.194 e. The predicted molar refractivity (Wildman–Crippen MR) is 100 cm³/mol. The molecule has 1 aliphatic carbocycles. The lowest BCUT2D eigenvalue weighted by molar-refractivity contribution is 0.252. The lowest BCUT2D eigenvalue weighted by Crippen LogP contribution is -2.15. The fraction of sp³-hybridized carbons (Fsp3) is 0.478. The molecule has 0 amide bonds. The van der Waals surface area contributed by atoms with Crippen LogP contribution >= 0.6 is 0 Å². The number of halogens is 3. The molecule has 3 rings (SSSR count). The summed E-state index contributed by atoms with van der Waals surface area (Å²) in [5.74, 6) is -3.81. The van der Waals surface area contributed by atoms with E-state index >= 15 is 0 Å². The fourth-order valence-corrected chi connectivity index (χ4v) is 3.87. The standard InChI is InChI=1S/C23H27F3/c1-2-3-16-4-6-17(7-5-16)8-9-18-10-12-19(13-11-18)20-14-21(24)23(26)22(25)15-20/h10-17H,2-9H2,1H3/i10D,12D,14D,15D. The molecule has 3 heteroatoms. The van der Waals surface area contributed by atoms with E-state index in [1.54, 1.807) is 6.07 Å². The Labute approximate surface area is 160 Å². The Kier molecular flexibility index (Phi) is 4.81. The molecule has 1 saturated carbocycles. The first-order chi connectivity index (χ1) is 14.3. The first-order valence-electron chi connectivity index (χ1n) is 11.5. The van der Waals surface area contributed by atoms with Gasteiger partial charge in [0.05, 0.1) is 5.48 Å². The molecule has 0 bridgehead atoms. The van der Waals surface area contributed by atoms with Gasteiger partial charge in [-0.2, -0.15) is 0 Å². The highest BCUT2D eigenvalue weighted by Crippen LogP contribution is 2.34. The molecule has 0 saturated heterocycles. The van der Waals surface area contributed by atoms with E-state index in [-0.39, 0.29) is 17.6 Å². The summed E-state index contributed by atoms with van der Waals surface area (Å²) in [7, 11) is 0. The van der Waals surface area contributed by atoms with Crippen LogP contribution in [0.25, 0.3) is 11.1 Å². The second kappa shape index (κ2) is 8.75. The van der Waals surface area contributed by atoms with Crippen LogP contribution in [0, 0.1) is 29.3 Å². The van der Waals surface area contributed by atoms with Crippen molar-refractivity contribution in [3.05, 3.63) is 59.3 Å². The molecule has 1 fully saturated rings. The van der Waals surface area contributed by atoms with E-state index in [4.69, 9.17) is 5.48 Å². The second-order valence-electron chi connectivity index (χ2n) is 7.30. The molecule has 0 aromatic heterocycles. The van der Waals surface area contributed by atoms with Gasteiger partial charge in [0, 0.05) is 0 Å². The molecule has 26 heavy (non-hydrogen) atoms.